The topological polar surface area (TPSA) is 32.6 Å². The number of allylic oxidation sites excluding steroid dienone is 2. The van der Waals surface area contributed by atoms with Gasteiger partial charge in [0.05, 0.1) is 19.7 Å². The van der Waals surface area contributed by atoms with Crippen molar-refractivity contribution in [1.29, 1.82) is 0 Å². The van der Waals surface area contributed by atoms with Gasteiger partial charge >= 0.3 is 0 Å². The Balaban J connectivity index is 1.92. The zero-order valence-electron chi connectivity index (χ0n) is 19.1. The summed E-state index contributed by atoms with van der Waals surface area (Å²) in [4.78, 5) is 4.74. The highest BCUT2D eigenvalue weighted by Crippen LogP contribution is 2.19. The third-order valence-electron chi connectivity index (χ3n) is 6.42. The van der Waals surface area contributed by atoms with Crippen LogP contribution in [0.2, 0.25) is 0 Å². The highest BCUT2D eigenvalue weighted by Gasteiger charge is 2.35. The fourth-order valence-electron chi connectivity index (χ4n) is 4.44. The number of nitrogens with zero attached hydrogens (tertiary/aromatic N) is 2. The van der Waals surface area contributed by atoms with Gasteiger partial charge in [0.15, 0.2) is 5.84 Å². The van der Waals surface area contributed by atoms with E-state index in [4.69, 9.17) is 4.99 Å². The summed E-state index contributed by atoms with van der Waals surface area (Å²) >= 11 is 0. The van der Waals surface area contributed by atoms with E-state index in [1.54, 1.807) is 0 Å². The molecule has 0 bridgehead atoms. The molecule has 1 heterocycles. The van der Waals surface area contributed by atoms with Crippen LogP contribution in [-0.2, 0) is 0 Å². The summed E-state index contributed by atoms with van der Waals surface area (Å²) in [6.45, 7) is 8.71. The molecule has 0 radical (unpaired) electrons. The number of quaternary nitrogens is 1. The molecule has 0 aromatic carbocycles. The molecular weight excluding hydrogens is 344 g/mol. The molecule has 3 nitrogen and oxygen atoms in total. The molecule has 0 amide bonds. The molecule has 28 heavy (non-hydrogen) atoms. The van der Waals surface area contributed by atoms with E-state index in [1.165, 1.54) is 95.7 Å². The van der Waals surface area contributed by atoms with Gasteiger partial charge in [0, 0.05) is 6.42 Å². The van der Waals surface area contributed by atoms with Crippen LogP contribution in [0.15, 0.2) is 17.1 Å². The number of rotatable bonds is 19. The number of unbranched alkanes of at least 4 members (excludes halogenated alkanes) is 12. The Hall–Kier alpha value is -0.670. The van der Waals surface area contributed by atoms with Gasteiger partial charge in [0.25, 0.3) is 0 Å². The standard InChI is InChI=1S/C25H49N2O/c1-3-5-6-7-8-9-10-11-12-13-14-15-16-17-18-19-20-25-26-21-22-27(25,4-2)23-24-28/h16-17,28H,3-15,18-24H2,1-2H3/q+1/b17-16+. The van der Waals surface area contributed by atoms with Gasteiger partial charge in [-0.05, 0) is 32.6 Å². The second-order valence-electron chi connectivity index (χ2n) is 8.62. The van der Waals surface area contributed by atoms with Crippen LogP contribution < -0.4 is 0 Å². The average Bonchev–Trinajstić information content (AvgIpc) is 3.11. The molecule has 0 spiro atoms. The highest BCUT2D eigenvalue weighted by molar-refractivity contribution is 5.76. The van der Waals surface area contributed by atoms with Crippen LogP contribution in [0.3, 0.4) is 0 Å². The smallest absolute Gasteiger partial charge is 0.198 e. The Morgan fingerprint density at radius 3 is 1.96 bits per heavy atom. The number of aliphatic hydroxyl groups excluding tert-OH is 1. The van der Waals surface area contributed by atoms with Gasteiger partial charge in [-0.3, -0.25) is 4.48 Å². The van der Waals surface area contributed by atoms with E-state index in [0.29, 0.717) is 0 Å². The largest absolute Gasteiger partial charge is 0.390 e. The van der Waals surface area contributed by atoms with E-state index in [2.05, 4.69) is 26.0 Å². The van der Waals surface area contributed by atoms with Gasteiger partial charge in [-0.15, -0.1) is 0 Å². The molecule has 3 heteroatoms. The second-order valence-corrected chi connectivity index (χ2v) is 8.62. The number of hydrogen-bond donors (Lipinski definition) is 1. The molecule has 1 aliphatic rings. The molecule has 1 rings (SSSR count). The van der Waals surface area contributed by atoms with Crippen molar-refractivity contribution in [2.75, 3.05) is 32.8 Å². The first-order valence-electron chi connectivity index (χ1n) is 12.4. The maximum atomic E-state index is 9.37. The first-order chi connectivity index (χ1) is 13.8. The summed E-state index contributed by atoms with van der Waals surface area (Å²) in [6.07, 6.45) is 25.1. The second kappa shape index (κ2) is 17.2. The van der Waals surface area contributed by atoms with Crippen LogP contribution in [0.4, 0.5) is 0 Å². The zero-order valence-corrected chi connectivity index (χ0v) is 19.1. The fourth-order valence-corrected chi connectivity index (χ4v) is 4.44. The van der Waals surface area contributed by atoms with E-state index in [1.807, 2.05) is 0 Å². The minimum absolute atomic E-state index is 0.270. The van der Waals surface area contributed by atoms with Crippen LogP contribution in [0.1, 0.15) is 110 Å². The van der Waals surface area contributed by atoms with Crippen LogP contribution >= 0.6 is 0 Å². The molecule has 164 valence electrons. The van der Waals surface area contributed by atoms with Gasteiger partial charge < -0.3 is 5.11 Å². The maximum Gasteiger partial charge on any atom is 0.198 e. The van der Waals surface area contributed by atoms with Crippen molar-refractivity contribution in [3.8, 4) is 0 Å². The highest BCUT2D eigenvalue weighted by atomic mass is 16.3. The van der Waals surface area contributed by atoms with Crippen molar-refractivity contribution in [3.05, 3.63) is 12.2 Å². The predicted octanol–water partition coefficient (Wildman–Crippen LogP) is 6.66. The van der Waals surface area contributed by atoms with Crippen molar-refractivity contribution in [1.82, 2.24) is 0 Å². The summed E-state index contributed by atoms with van der Waals surface area (Å²) in [6, 6.07) is 0. The minimum atomic E-state index is 0.270. The molecule has 1 atom stereocenters. The van der Waals surface area contributed by atoms with E-state index >= 15 is 0 Å². The van der Waals surface area contributed by atoms with E-state index in [9.17, 15) is 5.11 Å². The minimum Gasteiger partial charge on any atom is -0.390 e. The Morgan fingerprint density at radius 2 is 1.39 bits per heavy atom. The lowest BCUT2D eigenvalue weighted by molar-refractivity contribution is -0.835. The Bertz CT molecular complexity index is 419. The molecule has 0 aromatic rings. The van der Waals surface area contributed by atoms with E-state index < -0.39 is 0 Å². The van der Waals surface area contributed by atoms with Gasteiger partial charge in [0.2, 0.25) is 0 Å². The third-order valence-corrected chi connectivity index (χ3v) is 6.42. The number of amidine groups is 1. The van der Waals surface area contributed by atoms with E-state index in [-0.39, 0.29) is 6.61 Å². The van der Waals surface area contributed by atoms with Gasteiger partial charge in [-0.25, -0.2) is 4.99 Å². The molecule has 0 aromatic heterocycles. The quantitative estimate of drug-likeness (QED) is 0.149. The summed E-state index contributed by atoms with van der Waals surface area (Å²) in [5.74, 6) is 1.33. The molecule has 1 aliphatic heterocycles. The normalized spacial score (nSPS) is 19.6. The average molecular weight is 394 g/mol. The lowest BCUT2D eigenvalue weighted by Gasteiger charge is -2.33. The Labute approximate surface area is 175 Å². The summed E-state index contributed by atoms with van der Waals surface area (Å²) in [5.41, 5.74) is 0. The Morgan fingerprint density at radius 1 is 0.821 bits per heavy atom. The molecule has 0 saturated heterocycles. The third kappa shape index (κ3) is 10.8. The van der Waals surface area contributed by atoms with Crippen LogP contribution in [0.5, 0.6) is 0 Å². The monoisotopic (exact) mass is 393 g/mol. The first kappa shape index (κ1) is 25.4. The van der Waals surface area contributed by atoms with Crippen LogP contribution in [0.25, 0.3) is 0 Å². The van der Waals surface area contributed by atoms with Crippen molar-refractivity contribution >= 4 is 5.84 Å². The van der Waals surface area contributed by atoms with Gasteiger partial charge in [-0.1, -0.05) is 83.3 Å². The molecule has 1 unspecified atom stereocenters. The lowest BCUT2D eigenvalue weighted by Crippen LogP contribution is -2.52. The van der Waals surface area contributed by atoms with Crippen LogP contribution in [0, 0.1) is 0 Å². The maximum absolute atomic E-state index is 9.37. The number of aliphatic imine (C=N–C) groups is 1. The number of hydrogen-bond acceptors (Lipinski definition) is 2. The lowest BCUT2D eigenvalue weighted by atomic mass is 10.1. The summed E-state index contributed by atoms with van der Waals surface area (Å²) in [7, 11) is 0. The number of aliphatic hydroxyl groups is 1. The Kier molecular flexibility index (Phi) is 15.6. The molecule has 0 aliphatic carbocycles. The fraction of sp³-hybridized carbons (Fsp3) is 0.880. The predicted molar refractivity (Wildman–Crippen MR) is 124 cm³/mol. The van der Waals surface area contributed by atoms with E-state index in [0.717, 1.165) is 37.1 Å². The summed E-state index contributed by atoms with van der Waals surface area (Å²) < 4.78 is 0.930. The van der Waals surface area contributed by atoms with Gasteiger partial charge in [-0.2, -0.15) is 0 Å². The molecule has 0 fully saturated rings. The van der Waals surface area contributed by atoms with Crippen molar-refractivity contribution in [2.24, 2.45) is 4.99 Å². The first-order valence-corrected chi connectivity index (χ1v) is 12.4. The molecule has 1 N–H and O–H groups in total. The van der Waals surface area contributed by atoms with Gasteiger partial charge in [0.1, 0.15) is 13.1 Å². The summed E-state index contributed by atoms with van der Waals surface area (Å²) in [5, 5.41) is 9.37. The molecular formula is C25H49N2O+. The van der Waals surface area contributed by atoms with Crippen molar-refractivity contribution in [2.45, 2.75) is 110 Å². The molecule has 0 saturated carbocycles. The zero-order chi connectivity index (χ0) is 20.3. The van der Waals surface area contributed by atoms with Crippen molar-refractivity contribution < 1.29 is 9.59 Å². The SMILES string of the molecule is CCCCCCCCCCCCC/C=C/CCCC1=NCC[N+]1(CC)CCO. The number of likely N-dealkylation sites (N-methyl/N-ethyl adjacent to an activating group) is 1. The van der Waals surface area contributed by atoms with Crippen LogP contribution in [-0.4, -0.2) is 48.2 Å². The van der Waals surface area contributed by atoms with Crippen molar-refractivity contribution in [3.63, 3.8) is 0 Å².